The fourth-order valence-corrected chi connectivity index (χ4v) is 2.28. The molecule has 1 fully saturated rings. The molecular formula is C13H26N2O2. The summed E-state index contributed by atoms with van der Waals surface area (Å²) < 4.78 is 5.33. The number of morpholine rings is 1. The van der Waals surface area contributed by atoms with E-state index in [0.29, 0.717) is 6.04 Å². The third-order valence-corrected chi connectivity index (χ3v) is 3.62. The highest BCUT2D eigenvalue weighted by Gasteiger charge is 2.30. The van der Waals surface area contributed by atoms with Crippen LogP contribution in [0.4, 0.5) is 0 Å². The molecule has 0 aromatic heterocycles. The third kappa shape index (κ3) is 4.74. The van der Waals surface area contributed by atoms with E-state index in [1.807, 2.05) is 0 Å². The van der Waals surface area contributed by atoms with Gasteiger partial charge in [-0.05, 0) is 27.4 Å². The number of rotatable bonds is 6. The van der Waals surface area contributed by atoms with Gasteiger partial charge in [0.05, 0.1) is 13.2 Å². The molecule has 0 aromatic carbocycles. The van der Waals surface area contributed by atoms with Gasteiger partial charge in [-0.2, -0.15) is 0 Å². The highest BCUT2D eigenvalue weighted by molar-refractivity contribution is 5.59. The molecule has 17 heavy (non-hydrogen) atoms. The fourth-order valence-electron chi connectivity index (χ4n) is 2.28. The molecule has 0 saturated carbocycles. The highest BCUT2D eigenvalue weighted by atomic mass is 16.5. The van der Waals surface area contributed by atoms with Crippen molar-refractivity contribution < 1.29 is 9.53 Å². The maximum absolute atomic E-state index is 11.4. The summed E-state index contributed by atoms with van der Waals surface area (Å²) >= 11 is 0. The summed E-state index contributed by atoms with van der Waals surface area (Å²) in [6, 6.07) is 0.422. The van der Waals surface area contributed by atoms with E-state index < -0.39 is 0 Å². The van der Waals surface area contributed by atoms with E-state index in [9.17, 15) is 4.79 Å². The van der Waals surface area contributed by atoms with E-state index in [-0.39, 0.29) is 5.41 Å². The predicted molar refractivity (Wildman–Crippen MR) is 69.2 cm³/mol. The molecule has 1 aliphatic rings. The van der Waals surface area contributed by atoms with Crippen LogP contribution in [-0.2, 0) is 9.53 Å². The van der Waals surface area contributed by atoms with Gasteiger partial charge >= 0.3 is 0 Å². The van der Waals surface area contributed by atoms with Gasteiger partial charge < -0.3 is 14.4 Å². The SMILES string of the molecule is CC(CC(C)(C=O)CN1CCOCC1)N(C)C. The van der Waals surface area contributed by atoms with Crippen molar-refractivity contribution in [3.05, 3.63) is 0 Å². The van der Waals surface area contributed by atoms with Gasteiger partial charge in [-0.15, -0.1) is 0 Å². The van der Waals surface area contributed by atoms with Crippen LogP contribution in [0.3, 0.4) is 0 Å². The summed E-state index contributed by atoms with van der Waals surface area (Å²) in [5.41, 5.74) is -0.249. The molecule has 0 radical (unpaired) electrons. The molecule has 1 aliphatic heterocycles. The Kier molecular flexibility index (Phi) is 5.56. The van der Waals surface area contributed by atoms with Gasteiger partial charge in [0, 0.05) is 31.1 Å². The predicted octanol–water partition coefficient (Wildman–Crippen LogP) is 0.864. The minimum absolute atomic E-state index is 0.249. The molecule has 1 heterocycles. The van der Waals surface area contributed by atoms with E-state index in [4.69, 9.17) is 4.74 Å². The molecule has 4 heteroatoms. The summed E-state index contributed by atoms with van der Waals surface area (Å²) in [6.07, 6.45) is 2.03. The second kappa shape index (κ2) is 6.47. The average molecular weight is 242 g/mol. The van der Waals surface area contributed by atoms with Gasteiger partial charge in [0.2, 0.25) is 0 Å². The first-order valence-electron chi connectivity index (χ1n) is 6.40. The summed E-state index contributed by atoms with van der Waals surface area (Å²) in [4.78, 5) is 15.9. The Morgan fingerprint density at radius 1 is 1.41 bits per heavy atom. The summed E-state index contributed by atoms with van der Waals surface area (Å²) in [6.45, 7) is 8.55. The lowest BCUT2D eigenvalue weighted by Crippen LogP contribution is -2.45. The van der Waals surface area contributed by atoms with Crippen molar-refractivity contribution in [2.24, 2.45) is 5.41 Å². The first-order chi connectivity index (χ1) is 7.97. The molecule has 0 amide bonds. The van der Waals surface area contributed by atoms with Gasteiger partial charge in [-0.3, -0.25) is 4.90 Å². The molecular weight excluding hydrogens is 216 g/mol. The quantitative estimate of drug-likeness (QED) is 0.647. The lowest BCUT2D eigenvalue weighted by atomic mass is 9.84. The first kappa shape index (κ1) is 14.6. The normalized spacial score (nSPS) is 23.4. The zero-order valence-electron chi connectivity index (χ0n) is 11.6. The second-order valence-corrected chi connectivity index (χ2v) is 5.68. The van der Waals surface area contributed by atoms with Gasteiger partial charge in [0.15, 0.2) is 0 Å². The first-order valence-corrected chi connectivity index (χ1v) is 6.40. The Morgan fingerprint density at radius 2 is 2.00 bits per heavy atom. The summed E-state index contributed by atoms with van der Waals surface area (Å²) in [7, 11) is 4.12. The zero-order chi connectivity index (χ0) is 12.9. The van der Waals surface area contributed by atoms with Crippen LogP contribution in [0.1, 0.15) is 20.3 Å². The van der Waals surface area contributed by atoms with Crippen LogP contribution in [0.15, 0.2) is 0 Å². The van der Waals surface area contributed by atoms with Gasteiger partial charge in [-0.1, -0.05) is 6.92 Å². The standard InChI is InChI=1S/C13H26N2O2/c1-12(14(3)4)9-13(2,11-16)10-15-5-7-17-8-6-15/h11-12H,5-10H2,1-4H3. The van der Waals surface area contributed by atoms with Gasteiger partial charge in [-0.25, -0.2) is 0 Å². The van der Waals surface area contributed by atoms with Crippen molar-refractivity contribution in [2.45, 2.75) is 26.3 Å². The zero-order valence-corrected chi connectivity index (χ0v) is 11.6. The Labute approximate surface area is 105 Å². The van der Waals surface area contributed by atoms with Crippen molar-refractivity contribution in [3.63, 3.8) is 0 Å². The van der Waals surface area contributed by atoms with Crippen LogP contribution < -0.4 is 0 Å². The van der Waals surface area contributed by atoms with Crippen LogP contribution in [0.5, 0.6) is 0 Å². The Balaban J connectivity index is 2.51. The Morgan fingerprint density at radius 3 is 2.47 bits per heavy atom. The maximum atomic E-state index is 11.4. The monoisotopic (exact) mass is 242 g/mol. The maximum Gasteiger partial charge on any atom is 0.127 e. The number of hydrogen-bond acceptors (Lipinski definition) is 4. The van der Waals surface area contributed by atoms with E-state index in [1.54, 1.807) is 0 Å². The topological polar surface area (TPSA) is 32.8 Å². The minimum atomic E-state index is -0.249. The molecule has 1 saturated heterocycles. The number of ether oxygens (including phenoxy) is 1. The average Bonchev–Trinajstić information content (AvgIpc) is 2.30. The van der Waals surface area contributed by atoms with E-state index in [2.05, 4.69) is 37.7 Å². The lowest BCUT2D eigenvalue weighted by Gasteiger charge is -2.36. The van der Waals surface area contributed by atoms with Gasteiger partial charge in [0.1, 0.15) is 6.29 Å². The van der Waals surface area contributed by atoms with Gasteiger partial charge in [0.25, 0.3) is 0 Å². The molecule has 1 rings (SSSR count). The minimum Gasteiger partial charge on any atom is -0.379 e. The molecule has 2 unspecified atom stereocenters. The van der Waals surface area contributed by atoms with Crippen molar-refractivity contribution in [1.82, 2.24) is 9.80 Å². The van der Waals surface area contributed by atoms with E-state index in [1.165, 1.54) is 0 Å². The van der Waals surface area contributed by atoms with Crippen molar-refractivity contribution in [2.75, 3.05) is 46.9 Å². The highest BCUT2D eigenvalue weighted by Crippen LogP contribution is 2.24. The molecule has 100 valence electrons. The molecule has 0 N–H and O–H groups in total. The number of aldehydes is 1. The van der Waals surface area contributed by atoms with Crippen LogP contribution in [0.2, 0.25) is 0 Å². The Hall–Kier alpha value is -0.450. The lowest BCUT2D eigenvalue weighted by molar-refractivity contribution is -0.118. The molecule has 0 spiro atoms. The molecule has 0 aromatic rings. The van der Waals surface area contributed by atoms with Crippen molar-refractivity contribution in [3.8, 4) is 0 Å². The second-order valence-electron chi connectivity index (χ2n) is 5.68. The van der Waals surface area contributed by atoms with Crippen LogP contribution in [0.25, 0.3) is 0 Å². The number of nitrogens with zero attached hydrogens (tertiary/aromatic N) is 2. The number of hydrogen-bond donors (Lipinski definition) is 0. The number of carbonyl (C=O) groups is 1. The largest absolute Gasteiger partial charge is 0.379 e. The van der Waals surface area contributed by atoms with Crippen LogP contribution >= 0.6 is 0 Å². The fraction of sp³-hybridized carbons (Fsp3) is 0.923. The molecule has 4 nitrogen and oxygen atoms in total. The molecule has 2 atom stereocenters. The van der Waals surface area contributed by atoms with Crippen molar-refractivity contribution in [1.29, 1.82) is 0 Å². The van der Waals surface area contributed by atoms with E-state index >= 15 is 0 Å². The molecule has 0 aliphatic carbocycles. The summed E-state index contributed by atoms with van der Waals surface area (Å²) in [5, 5.41) is 0. The smallest absolute Gasteiger partial charge is 0.127 e. The van der Waals surface area contributed by atoms with E-state index in [0.717, 1.165) is 45.6 Å². The van der Waals surface area contributed by atoms with Crippen LogP contribution in [-0.4, -0.2) is 69.1 Å². The molecule has 0 bridgehead atoms. The van der Waals surface area contributed by atoms with Crippen LogP contribution in [0, 0.1) is 5.41 Å². The Bertz CT molecular complexity index is 240. The third-order valence-electron chi connectivity index (χ3n) is 3.62. The summed E-state index contributed by atoms with van der Waals surface area (Å²) in [5.74, 6) is 0. The number of carbonyl (C=O) groups excluding carboxylic acids is 1. The van der Waals surface area contributed by atoms with Crippen molar-refractivity contribution >= 4 is 6.29 Å².